The molecule has 5 heterocycles. The first-order valence-corrected chi connectivity index (χ1v) is 14.5. The van der Waals surface area contributed by atoms with Gasteiger partial charge in [-0.05, 0) is 54.9 Å². The average Bonchev–Trinajstić information content (AvgIpc) is 3.35. The normalized spacial score (nSPS) is 18.2. The van der Waals surface area contributed by atoms with Crippen molar-refractivity contribution in [1.29, 1.82) is 0 Å². The van der Waals surface area contributed by atoms with Crippen molar-refractivity contribution in [3.8, 4) is 11.5 Å². The van der Waals surface area contributed by atoms with Crippen molar-refractivity contribution in [2.24, 2.45) is 0 Å². The number of hydrogen-bond acceptors (Lipinski definition) is 6. The summed E-state index contributed by atoms with van der Waals surface area (Å²) in [5, 5.41) is 0.857. The second kappa shape index (κ2) is 11.6. The third-order valence-electron chi connectivity index (χ3n) is 8.33. The first kappa shape index (κ1) is 29.1. The topological polar surface area (TPSA) is 77.6 Å². The van der Waals surface area contributed by atoms with Gasteiger partial charge in [0.2, 0.25) is 5.91 Å². The Bertz CT molecular complexity index is 1640. The summed E-state index contributed by atoms with van der Waals surface area (Å²) in [4.78, 5) is 31.5. The van der Waals surface area contributed by atoms with Crippen molar-refractivity contribution < 1.29 is 22.7 Å². The number of aromatic amines is 1. The molecule has 1 amide bonds. The molecule has 0 bridgehead atoms. The summed E-state index contributed by atoms with van der Waals surface area (Å²) in [6.45, 7) is 8.05. The van der Waals surface area contributed by atoms with E-state index in [-0.39, 0.29) is 30.4 Å². The van der Waals surface area contributed by atoms with Crippen LogP contribution in [-0.2, 0) is 30.5 Å². The lowest BCUT2D eigenvalue weighted by atomic mass is 9.95. The van der Waals surface area contributed by atoms with E-state index >= 15 is 0 Å². The lowest BCUT2D eigenvalue weighted by Crippen LogP contribution is -2.44. The van der Waals surface area contributed by atoms with Gasteiger partial charge in [0.15, 0.2) is 0 Å². The monoisotopic (exact) mass is 592 g/mol. The second-order valence-corrected chi connectivity index (χ2v) is 11.8. The average molecular weight is 593 g/mol. The standard InChI is InChI=1S/C32H35F3N6O2/c1-20-17-41(19-24-15-25(16-37-30(20)24)43-28-6-7-36-31-26(28)12-21(2)38-31)29(42)14-22-4-5-23(27(13-22)32(33,34)35)18-40-10-8-39(3)9-11-40/h4-7,12-13,15-16,20H,8-11,14,17-19H2,1-3H3,(H,36,38)/t20-/m0/s1. The molecule has 1 fully saturated rings. The van der Waals surface area contributed by atoms with Crippen molar-refractivity contribution in [3.05, 3.63) is 82.4 Å². The molecule has 2 aliphatic rings. The highest BCUT2D eigenvalue weighted by Crippen LogP contribution is 2.35. The van der Waals surface area contributed by atoms with Gasteiger partial charge in [-0.1, -0.05) is 19.1 Å². The van der Waals surface area contributed by atoms with Gasteiger partial charge in [0, 0.05) is 63.6 Å². The smallest absolute Gasteiger partial charge is 0.416 e. The van der Waals surface area contributed by atoms with E-state index in [0.717, 1.165) is 60.2 Å². The number of carbonyl (C=O) groups is 1. The van der Waals surface area contributed by atoms with Crippen LogP contribution in [0.4, 0.5) is 13.2 Å². The maximum absolute atomic E-state index is 14.1. The van der Waals surface area contributed by atoms with E-state index in [1.165, 1.54) is 6.07 Å². The number of hydrogen-bond donors (Lipinski definition) is 1. The van der Waals surface area contributed by atoms with Gasteiger partial charge in [-0.2, -0.15) is 13.2 Å². The number of likely N-dealkylation sites (N-methyl/N-ethyl adjacent to an activating group) is 1. The van der Waals surface area contributed by atoms with Crippen LogP contribution >= 0.6 is 0 Å². The van der Waals surface area contributed by atoms with E-state index in [9.17, 15) is 18.0 Å². The Morgan fingerprint density at radius 1 is 1.09 bits per heavy atom. The predicted molar refractivity (Wildman–Crippen MR) is 157 cm³/mol. The Morgan fingerprint density at radius 3 is 2.65 bits per heavy atom. The van der Waals surface area contributed by atoms with Crippen LogP contribution in [0.25, 0.3) is 11.0 Å². The number of amides is 1. The van der Waals surface area contributed by atoms with Crippen LogP contribution in [0.15, 0.2) is 48.8 Å². The number of aryl methyl sites for hydroxylation is 1. The molecule has 1 aromatic carbocycles. The molecule has 0 spiro atoms. The predicted octanol–water partition coefficient (Wildman–Crippen LogP) is 5.51. The Hall–Kier alpha value is -3.96. The maximum atomic E-state index is 14.1. The number of benzene rings is 1. The molecule has 11 heteroatoms. The van der Waals surface area contributed by atoms with Gasteiger partial charge in [0.1, 0.15) is 17.1 Å². The van der Waals surface area contributed by atoms with Crippen molar-refractivity contribution in [2.75, 3.05) is 39.8 Å². The number of nitrogens with zero attached hydrogens (tertiary/aromatic N) is 5. The molecular weight excluding hydrogens is 557 g/mol. The zero-order valence-electron chi connectivity index (χ0n) is 24.5. The second-order valence-electron chi connectivity index (χ2n) is 11.8. The molecule has 2 aliphatic heterocycles. The van der Waals surface area contributed by atoms with E-state index in [4.69, 9.17) is 4.74 Å². The number of pyridine rings is 2. The van der Waals surface area contributed by atoms with Crippen molar-refractivity contribution in [3.63, 3.8) is 0 Å². The van der Waals surface area contributed by atoms with E-state index in [0.29, 0.717) is 30.2 Å². The Balaban J connectivity index is 1.17. The molecular formula is C32H35F3N6O2. The largest absolute Gasteiger partial charge is 0.455 e. The number of piperazine rings is 1. The quantitative estimate of drug-likeness (QED) is 0.318. The van der Waals surface area contributed by atoms with Crippen LogP contribution in [0.1, 0.15) is 46.5 Å². The van der Waals surface area contributed by atoms with Crippen molar-refractivity contribution in [1.82, 2.24) is 29.7 Å². The number of aromatic nitrogens is 3. The van der Waals surface area contributed by atoms with Gasteiger partial charge in [-0.15, -0.1) is 0 Å². The van der Waals surface area contributed by atoms with Gasteiger partial charge in [0.05, 0.1) is 29.3 Å². The Kier molecular flexibility index (Phi) is 7.87. The van der Waals surface area contributed by atoms with E-state index in [2.05, 4.69) is 19.9 Å². The van der Waals surface area contributed by atoms with E-state index in [1.807, 2.05) is 37.9 Å². The summed E-state index contributed by atoms with van der Waals surface area (Å²) in [5.74, 6) is 0.933. The summed E-state index contributed by atoms with van der Waals surface area (Å²) in [6.07, 6.45) is -1.25. The lowest BCUT2D eigenvalue weighted by molar-refractivity contribution is -0.138. The molecule has 4 aromatic rings. The van der Waals surface area contributed by atoms with Crippen LogP contribution in [0.3, 0.4) is 0 Å². The number of ether oxygens (including phenoxy) is 1. The number of nitrogens with one attached hydrogen (secondary N) is 1. The molecule has 3 aromatic heterocycles. The first-order chi connectivity index (χ1) is 20.5. The number of halogens is 3. The molecule has 0 unspecified atom stereocenters. The summed E-state index contributed by atoms with van der Waals surface area (Å²) in [5.41, 5.74) is 3.39. The van der Waals surface area contributed by atoms with Crippen molar-refractivity contribution in [2.45, 2.75) is 45.5 Å². The molecule has 43 heavy (non-hydrogen) atoms. The van der Waals surface area contributed by atoms with Crippen LogP contribution in [0, 0.1) is 6.92 Å². The van der Waals surface area contributed by atoms with Crippen LogP contribution in [0.5, 0.6) is 11.5 Å². The highest BCUT2D eigenvalue weighted by Gasteiger charge is 2.35. The Labute approximate surface area is 248 Å². The summed E-state index contributed by atoms with van der Waals surface area (Å²) in [7, 11) is 2.01. The van der Waals surface area contributed by atoms with Crippen LogP contribution < -0.4 is 4.74 Å². The fourth-order valence-electron chi connectivity index (χ4n) is 6.02. The van der Waals surface area contributed by atoms with Gasteiger partial charge >= 0.3 is 6.18 Å². The van der Waals surface area contributed by atoms with E-state index < -0.39 is 11.7 Å². The molecule has 1 atom stereocenters. The molecule has 226 valence electrons. The van der Waals surface area contributed by atoms with Gasteiger partial charge in [-0.25, -0.2) is 4.98 Å². The Morgan fingerprint density at radius 2 is 1.88 bits per heavy atom. The fourth-order valence-corrected chi connectivity index (χ4v) is 6.02. The third kappa shape index (κ3) is 6.37. The molecule has 8 nitrogen and oxygen atoms in total. The van der Waals surface area contributed by atoms with Crippen molar-refractivity contribution >= 4 is 16.9 Å². The summed E-state index contributed by atoms with van der Waals surface area (Å²) in [6, 6.07) is 9.99. The van der Waals surface area contributed by atoms with Gasteiger partial charge in [0.25, 0.3) is 0 Å². The molecule has 1 N–H and O–H groups in total. The molecule has 0 saturated carbocycles. The van der Waals surface area contributed by atoms with Crippen LogP contribution in [0.2, 0.25) is 0 Å². The number of carbonyl (C=O) groups excluding carboxylic acids is 1. The van der Waals surface area contributed by atoms with Gasteiger partial charge < -0.3 is 19.5 Å². The zero-order valence-corrected chi connectivity index (χ0v) is 24.5. The zero-order chi connectivity index (χ0) is 30.3. The molecule has 0 radical (unpaired) electrons. The van der Waals surface area contributed by atoms with E-state index in [1.54, 1.807) is 29.4 Å². The number of alkyl halides is 3. The number of rotatable bonds is 6. The minimum Gasteiger partial charge on any atom is -0.455 e. The number of H-pyrrole nitrogens is 1. The summed E-state index contributed by atoms with van der Waals surface area (Å²) >= 11 is 0. The SMILES string of the molecule is Cc1cc2c(Oc3cnc4c(c3)CN(C(=O)Cc3ccc(CN5CCN(C)CC5)c(C(F)(F)F)c3)C[C@@H]4C)ccnc2[nH]1. The minimum atomic E-state index is -4.50. The molecule has 0 aliphatic carbocycles. The number of fused-ring (bicyclic) bond motifs is 2. The molecule has 1 saturated heterocycles. The maximum Gasteiger partial charge on any atom is 0.416 e. The lowest BCUT2D eigenvalue weighted by Gasteiger charge is -2.33. The first-order valence-electron chi connectivity index (χ1n) is 14.5. The third-order valence-corrected chi connectivity index (χ3v) is 8.33. The summed E-state index contributed by atoms with van der Waals surface area (Å²) < 4.78 is 48.4. The van der Waals surface area contributed by atoms with Crippen LogP contribution in [-0.4, -0.2) is 75.3 Å². The van der Waals surface area contributed by atoms with Gasteiger partial charge in [-0.3, -0.25) is 14.7 Å². The highest BCUT2D eigenvalue weighted by molar-refractivity contribution is 5.83. The molecule has 6 rings (SSSR count). The minimum absolute atomic E-state index is 0.0293. The fraction of sp³-hybridized carbons (Fsp3) is 0.406. The highest BCUT2D eigenvalue weighted by atomic mass is 19.4.